The maximum absolute atomic E-state index is 5.56. The maximum atomic E-state index is 5.56. The third kappa shape index (κ3) is 2.05. The van der Waals surface area contributed by atoms with Gasteiger partial charge in [0, 0.05) is 6.04 Å². The van der Waals surface area contributed by atoms with Crippen molar-refractivity contribution in [3.8, 4) is 18.1 Å². The fourth-order valence-electron chi connectivity index (χ4n) is 2.33. The van der Waals surface area contributed by atoms with E-state index in [1.807, 2.05) is 12.1 Å². The van der Waals surface area contributed by atoms with Crippen molar-refractivity contribution in [1.29, 1.82) is 0 Å². The molecule has 0 heterocycles. The standard InChI is InChI=1S/C14H17NO/c1-3-10-16-14-7-5-6-11-12(14)8-9-13(11)15-4-2/h1,5-7,13,15H,4,8-10H2,2H3. The van der Waals surface area contributed by atoms with Crippen molar-refractivity contribution in [2.75, 3.05) is 13.2 Å². The Kier molecular flexibility index (Phi) is 3.48. The molecule has 0 amide bonds. The zero-order valence-electron chi connectivity index (χ0n) is 9.62. The summed E-state index contributed by atoms with van der Waals surface area (Å²) in [5.74, 6) is 3.46. The molecule has 1 unspecified atom stereocenters. The average Bonchev–Trinajstić information content (AvgIpc) is 2.71. The Bertz CT molecular complexity index is 406. The van der Waals surface area contributed by atoms with Crippen molar-refractivity contribution in [2.45, 2.75) is 25.8 Å². The van der Waals surface area contributed by atoms with E-state index in [1.54, 1.807) is 0 Å². The van der Waals surface area contributed by atoms with E-state index in [0.717, 1.165) is 25.1 Å². The summed E-state index contributed by atoms with van der Waals surface area (Å²) >= 11 is 0. The van der Waals surface area contributed by atoms with Gasteiger partial charge in [-0.25, -0.2) is 0 Å². The first-order chi connectivity index (χ1) is 7.86. The fraction of sp³-hybridized carbons (Fsp3) is 0.429. The number of nitrogens with one attached hydrogen (secondary N) is 1. The molecular formula is C14H17NO. The van der Waals surface area contributed by atoms with Gasteiger partial charge in [-0.3, -0.25) is 0 Å². The van der Waals surface area contributed by atoms with Crippen LogP contribution in [0.5, 0.6) is 5.75 Å². The topological polar surface area (TPSA) is 21.3 Å². The van der Waals surface area contributed by atoms with Gasteiger partial charge in [-0.05, 0) is 36.6 Å². The molecule has 0 aliphatic heterocycles. The van der Waals surface area contributed by atoms with E-state index >= 15 is 0 Å². The molecule has 1 atom stereocenters. The largest absolute Gasteiger partial charge is 0.481 e. The smallest absolute Gasteiger partial charge is 0.148 e. The van der Waals surface area contributed by atoms with Gasteiger partial charge in [-0.1, -0.05) is 25.0 Å². The van der Waals surface area contributed by atoms with Crippen LogP contribution >= 0.6 is 0 Å². The Morgan fingerprint density at radius 2 is 2.44 bits per heavy atom. The van der Waals surface area contributed by atoms with Crippen LogP contribution in [-0.2, 0) is 6.42 Å². The zero-order chi connectivity index (χ0) is 11.4. The van der Waals surface area contributed by atoms with Gasteiger partial charge in [0.25, 0.3) is 0 Å². The van der Waals surface area contributed by atoms with E-state index in [2.05, 4.69) is 24.2 Å². The molecule has 0 saturated carbocycles. The maximum Gasteiger partial charge on any atom is 0.148 e. The molecule has 0 bridgehead atoms. The van der Waals surface area contributed by atoms with Crippen LogP contribution in [-0.4, -0.2) is 13.2 Å². The first kappa shape index (κ1) is 11.0. The van der Waals surface area contributed by atoms with Crippen molar-refractivity contribution in [2.24, 2.45) is 0 Å². The van der Waals surface area contributed by atoms with Crippen molar-refractivity contribution in [1.82, 2.24) is 5.32 Å². The van der Waals surface area contributed by atoms with E-state index in [4.69, 9.17) is 11.2 Å². The van der Waals surface area contributed by atoms with Crippen LogP contribution in [0.1, 0.15) is 30.5 Å². The summed E-state index contributed by atoms with van der Waals surface area (Å²) in [5, 5.41) is 3.49. The molecule has 0 aromatic heterocycles. The molecule has 0 spiro atoms. The average molecular weight is 215 g/mol. The van der Waals surface area contributed by atoms with E-state index in [1.165, 1.54) is 11.1 Å². The SMILES string of the molecule is C#CCOc1cccc2c1CCC2NCC. The summed E-state index contributed by atoms with van der Waals surface area (Å²) < 4.78 is 5.56. The van der Waals surface area contributed by atoms with E-state index < -0.39 is 0 Å². The first-order valence-electron chi connectivity index (χ1n) is 5.78. The number of benzene rings is 1. The fourth-order valence-corrected chi connectivity index (χ4v) is 2.33. The van der Waals surface area contributed by atoms with Crippen LogP contribution in [0.4, 0.5) is 0 Å². The van der Waals surface area contributed by atoms with Gasteiger partial charge in [0.05, 0.1) is 0 Å². The van der Waals surface area contributed by atoms with Crippen LogP contribution in [0.2, 0.25) is 0 Å². The summed E-state index contributed by atoms with van der Waals surface area (Å²) in [6.07, 6.45) is 7.44. The Labute approximate surface area is 97.0 Å². The van der Waals surface area contributed by atoms with Gasteiger partial charge in [0.1, 0.15) is 12.4 Å². The van der Waals surface area contributed by atoms with Gasteiger partial charge in [0.15, 0.2) is 0 Å². The molecule has 1 aliphatic carbocycles. The summed E-state index contributed by atoms with van der Waals surface area (Å²) in [7, 11) is 0. The summed E-state index contributed by atoms with van der Waals surface area (Å²) in [4.78, 5) is 0. The summed E-state index contributed by atoms with van der Waals surface area (Å²) in [6.45, 7) is 3.48. The molecule has 1 aromatic carbocycles. The number of hydrogen-bond donors (Lipinski definition) is 1. The summed E-state index contributed by atoms with van der Waals surface area (Å²) in [6, 6.07) is 6.71. The lowest BCUT2D eigenvalue weighted by molar-refractivity contribution is 0.366. The lowest BCUT2D eigenvalue weighted by atomic mass is 10.1. The highest BCUT2D eigenvalue weighted by molar-refractivity contribution is 5.45. The number of fused-ring (bicyclic) bond motifs is 1. The monoisotopic (exact) mass is 215 g/mol. The minimum atomic E-state index is 0.350. The number of rotatable bonds is 4. The Morgan fingerprint density at radius 3 is 3.19 bits per heavy atom. The Hall–Kier alpha value is -1.46. The predicted molar refractivity (Wildman–Crippen MR) is 65.5 cm³/mol. The van der Waals surface area contributed by atoms with Gasteiger partial charge in [-0.15, -0.1) is 6.42 Å². The highest BCUT2D eigenvalue weighted by Gasteiger charge is 2.24. The van der Waals surface area contributed by atoms with Gasteiger partial charge >= 0.3 is 0 Å². The molecule has 0 radical (unpaired) electrons. The second-order valence-corrected chi connectivity index (χ2v) is 3.97. The summed E-state index contributed by atoms with van der Waals surface area (Å²) in [5.41, 5.74) is 2.69. The molecule has 0 fully saturated rings. The minimum absolute atomic E-state index is 0.350. The molecule has 2 rings (SSSR count). The lowest BCUT2D eigenvalue weighted by Gasteiger charge is -2.13. The van der Waals surface area contributed by atoms with Gasteiger partial charge < -0.3 is 10.1 Å². The van der Waals surface area contributed by atoms with Crippen LogP contribution < -0.4 is 10.1 Å². The molecule has 0 saturated heterocycles. The van der Waals surface area contributed by atoms with Crippen molar-refractivity contribution < 1.29 is 4.74 Å². The van der Waals surface area contributed by atoms with E-state index in [-0.39, 0.29) is 0 Å². The van der Waals surface area contributed by atoms with Crippen LogP contribution in [0.25, 0.3) is 0 Å². The zero-order valence-corrected chi connectivity index (χ0v) is 9.62. The van der Waals surface area contributed by atoms with Crippen LogP contribution in [0.3, 0.4) is 0 Å². The molecular weight excluding hydrogens is 198 g/mol. The third-order valence-corrected chi connectivity index (χ3v) is 2.99. The Balaban J connectivity index is 2.22. The number of hydrogen-bond acceptors (Lipinski definition) is 2. The van der Waals surface area contributed by atoms with Crippen LogP contribution in [0, 0.1) is 12.3 Å². The predicted octanol–water partition coefficient (Wildman–Crippen LogP) is 2.30. The number of ether oxygens (including phenoxy) is 1. The molecule has 1 N–H and O–H groups in total. The molecule has 2 nitrogen and oxygen atoms in total. The second kappa shape index (κ2) is 5.05. The van der Waals surface area contributed by atoms with Crippen molar-refractivity contribution >= 4 is 0 Å². The third-order valence-electron chi connectivity index (χ3n) is 2.99. The normalized spacial score (nSPS) is 17.9. The quantitative estimate of drug-likeness (QED) is 0.778. The molecule has 1 aliphatic rings. The van der Waals surface area contributed by atoms with Crippen LogP contribution in [0.15, 0.2) is 18.2 Å². The first-order valence-corrected chi connectivity index (χ1v) is 5.78. The van der Waals surface area contributed by atoms with Gasteiger partial charge in [-0.2, -0.15) is 0 Å². The second-order valence-electron chi connectivity index (χ2n) is 3.97. The minimum Gasteiger partial charge on any atom is -0.481 e. The van der Waals surface area contributed by atoms with E-state index in [9.17, 15) is 0 Å². The van der Waals surface area contributed by atoms with Crippen molar-refractivity contribution in [3.05, 3.63) is 29.3 Å². The molecule has 1 aromatic rings. The highest BCUT2D eigenvalue weighted by Crippen LogP contribution is 2.36. The molecule has 84 valence electrons. The highest BCUT2D eigenvalue weighted by atomic mass is 16.5. The van der Waals surface area contributed by atoms with E-state index in [0.29, 0.717) is 12.6 Å². The molecule has 16 heavy (non-hydrogen) atoms. The molecule has 2 heteroatoms. The van der Waals surface area contributed by atoms with Crippen molar-refractivity contribution in [3.63, 3.8) is 0 Å². The lowest BCUT2D eigenvalue weighted by Crippen LogP contribution is -2.18. The Morgan fingerprint density at radius 1 is 1.56 bits per heavy atom. The number of terminal acetylenes is 1. The van der Waals surface area contributed by atoms with Gasteiger partial charge in [0.2, 0.25) is 0 Å².